The van der Waals surface area contributed by atoms with Crippen LogP contribution >= 0.6 is 11.6 Å². The summed E-state index contributed by atoms with van der Waals surface area (Å²) in [5, 5.41) is 3.50. The molecule has 0 aliphatic carbocycles. The summed E-state index contributed by atoms with van der Waals surface area (Å²) < 4.78 is 13.4. The fourth-order valence-corrected chi connectivity index (χ4v) is 1.47. The van der Waals surface area contributed by atoms with Gasteiger partial charge in [0.05, 0.1) is 5.69 Å². The minimum absolute atomic E-state index is 0.221. The van der Waals surface area contributed by atoms with Crippen LogP contribution in [0.2, 0.25) is 5.02 Å². The molecule has 0 aromatic heterocycles. The Morgan fingerprint density at radius 3 is 2.93 bits per heavy atom. The van der Waals surface area contributed by atoms with Crippen molar-refractivity contribution in [2.45, 2.75) is 25.8 Å². The van der Waals surface area contributed by atoms with Crippen molar-refractivity contribution >= 4 is 17.3 Å². The van der Waals surface area contributed by atoms with E-state index in [1.165, 1.54) is 6.07 Å². The molecule has 0 aliphatic heterocycles. The zero-order chi connectivity index (χ0) is 11.3. The number of nitrogens with one attached hydrogen (secondary N) is 1. The van der Waals surface area contributed by atoms with Crippen LogP contribution in [0.1, 0.15) is 19.8 Å². The van der Waals surface area contributed by atoms with Gasteiger partial charge in [-0.05, 0) is 38.0 Å². The zero-order valence-electron chi connectivity index (χ0n) is 8.76. The molecule has 1 aromatic carbocycles. The average molecular weight is 228 g/mol. The van der Waals surface area contributed by atoms with Gasteiger partial charge in [0.25, 0.3) is 0 Å². The SMILES string of the molecule is C=CCCC(C)Nc1ccc(Cl)cc1F. The molecular weight excluding hydrogens is 213 g/mol. The Morgan fingerprint density at radius 1 is 1.60 bits per heavy atom. The topological polar surface area (TPSA) is 12.0 Å². The van der Waals surface area contributed by atoms with E-state index >= 15 is 0 Å². The monoisotopic (exact) mass is 227 g/mol. The van der Waals surface area contributed by atoms with Gasteiger partial charge >= 0.3 is 0 Å². The molecule has 1 atom stereocenters. The quantitative estimate of drug-likeness (QED) is 0.742. The second-order valence-corrected chi connectivity index (χ2v) is 3.97. The van der Waals surface area contributed by atoms with E-state index in [-0.39, 0.29) is 11.9 Å². The van der Waals surface area contributed by atoms with Gasteiger partial charge in [-0.25, -0.2) is 4.39 Å². The largest absolute Gasteiger partial charge is 0.380 e. The summed E-state index contributed by atoms with van der Waals surface area (Å²) in [6.07, 6.45) is 3.71. The van der Waals surface area contributed by atoms with Crippen LogP contribution in [0.3, 0.4) is 0 Å². The highest BCUT2D eigenvalue weighted by molar-refractivity contribution is 6.30. The van der Waals surface area contributed by atoms with Crippen LogP contribution in [0.5, 0.6) is 0 Å². The first-order chi connectivity index (χ1) is 7.13. The van der Waals surface area contributed by atoms with Gasteiger partial charge in [0.2, 0.25) is 0 Å². The first-order valence-electron chi connectivity index (χ1n) is 4.96. The number of benzene rings is 1. The van der Waals surface area contributed by atoms with Gasteiger partial charge < -0.3 is 5.32 Å². The van der Waals surface area contributed by atoms with Gasteiger partial charge in [-0.2, -0.15) is 0 Å². The molecule has 1 nitrogen and oxygen atoms in total. The molecule has 0 aliphatic rings. The van der Waals surface area contributed by atoms with Gasteiger partial charge in [-0.1, -0.05) is 17.7 Å². The van der Waals surface area contributed by atoms with E-state index in [0.29, 0.717) is 10.7 Å². The summed E-state index contributed by atoms with van der Waals surface area (Å²) in [7, 11) is 0. The lowest BCUT2D eigenvalue weighted by Crippen LogP contribution is -2.15. The Hall–Kier alpha value is -1.02. The molecule has 1 aromatic rings. The van der Waals surface area contributed by atoms with Crippen LogP contribution in [-0.4, -0.2) is 6.04 Å². The van der Waals surface area contributed by atoms with E-state index in [0.717, 1.165) is 12.8 Å². The second-order valence-electron chi connectivity index (χ2n) is 3.54. The molecule has 82 valence electrons. The van der Waals surface area contributed by atoms with Crippen molar-refractivity contribution in [3.05, 3.63) is 41.7 Å². The minimum atomic E-state index is -0.312. The van der Waals surface area contributed by atoms with Crippen LogP contribution in [0, 0.1) is 5.82 Å². The molecular formula is C12H15ClFN. The second kappa shape index (κ2) is 5.76. The summed E-state index contributed by atoms with van der Waals surface area (Å²) in [4.78, 5) is 0. The molecule has 0 bridgehead atoms. The van der Waals surface area contributed by atoms with E-state index in [9.17, 15) is 4.39 Å². The van der Waals surface area contributed by atoms with Crippen LogP contribution in [0.25, 0.3) is 0 Å². The standard InChI is InChI=1S/C12H15ClFN/c1-3-4-5-9(2)15-12-7-6-10(13)8-11(12)14/h3,6-9,15H,1,4-5H2,2H3. The van der Waals surface area contributed by atoms with Crippen molar-refractivity contribution in [1.29, 1.82) is 0 Å². The lowest BCUT2D eigenvalue weighted by Gasteiger charge is -2.14. The highest BCUT2D eigenvalue weighted by Gasteiger charge is 2.05. The molecule has 0 amide bonds. The summed E-state index contributed by atoms with van der Waals surface area (Å²) in [6.45, 7) is 5.66. The third kappa shape index (κ3) is 3.92. The number of allylic oxidation sites excluding steroid dienone is 1. The van der Waals surface area contributed by atoms with Crippen molar-refractivity contribution < 1.29 is 4.39 Å². The lowest BCUT2D eigenvalue weighted by atomic mass is 10.1. The molecule has 0 saturated carbocycles. The normalized spacial score (nSPS) is 12.2. The first-order valence-corrected chi connectivity index (χ1v) is 5.33. The number of anilines is 1. The number of hydrogen-bond donors (Lipinski definition) is 1. The summed E-state index contributed by atoms with van der Waals surface area (Å²) >= 11 is 5.66. The van der Waals surface area contributed by atoms with Crippen molar-refractivity contribution in [3.8, 4) is 0 Å². The maximum Gasteiger partial charge on any atom is 0.147 e. The van der Waals surface area contributed by atoms with Gasteiger partial charge in [0, 0.05) is 11.1 Å². The third-order valence-electron chi connectivity index (χ3n) is 2.14. The Bertz CT molecular complexity index is 338. The third-order valence-corrected chi connectivity index (χ3v) is 2.37. The van der Waals surface area contributed by atoms with E-state index < -0.39 is 0 Å². The van der Waals surface area contributed by atoms with E-state index in [1.54, 1.807) is 12.1 Å². The Morgan fingerprint density at radius 2 is 2.33 bits per heavy atom. The van der Waals surface area contributed by atoms with Crippen LogP contribution in [0.15, 0.2) is 30.9 Å². The van der Waals surface area contributed by atoms with Gasteiger partial charge in [0.15, 0.2) is 0 Å². The van der Waals surface area contributed by atoms with E-state index in [4.69, 9.17) is 11.6 Å². The van der Waals surface area contributed by atoms with E-state index in [2.05, 4.69) is 11.9 Å². The van der Waals surface area contributed by atoms with Crippen molar-refractivity contribution in [2.75, 3.05) is 5.32 Å². The Labute approximate surface area is 95.0 Å². The van der Waals surface area contributed by atoms with E-state index in [1.807, 2.05) is 13.0 Å². The predicted molar refractivity (Wildman–Crippen MR) is 63.9 cm³/mol. The van der Waals surface area contributed by atoms with Crippen molar-refractivity contribution in [3.63, 3.8) is 0 Å². The summed E-state index contributed by atoms with van der Waals surface area (Å²) in [5.41, 5.74) is 0.496. The molecule has 0 saturated heterocycles. The maximum absolute atomic E-state index is 13.4. The summed E-state index contributed by atoms with van der Waals surface area (Å²) in [6, 6.07) is 4.86. The molecule has 0 spiro atoms. The number of halogens is 2. The molecule has 1 unspecified atom stereocenters. The molecule has 0 fully saturated rings. The highest BCUT2D eigenvalue weighted by atomic mass is 35.5. The molecule has 0 radical (unpaired) electrons. The zero-order valence-corrected chi connectivity index (χ0v) is 9.52. The first kappa shape index (κ1) is 12.1. The minimum Gasteiger partial charge on any atom is -0.380 e. The number of hydrogen-bond acceptors (Lipinski definition) is 1. The fraction of sp³-hybridized carbons (Fsp3) is 0.333. The fourth-order valence-electron chi connectivity index (χ4n) is 1.31. The van der Waals surface area contributed by atoms with Crippen LogP contribution < -0.4 is 5.32 Å². The molecule has 1 N–H and O–H groups in total. The van der Waals surface area contributed by atoms with Crippen molar-refractivity contribution in [1.82, 2.24) is 0 Å². The van der Waals surface area contributed by atoms with Crippen molar-refractivity contribution in [2.24, 2.45) is 0 Å². The van der Waals surface area contributed by atoms with Crippen LogP contribution in [-0.2, 0) is 0 Å². The van der Waals surface area contributed by atoms with Gasteiger partial charge in [-0.15, -0.1) is 6.58 Å². The number of rotatable bonds is 5. The van der Waals surface area contributed by atoms with Crippen LogP contribution in [0.4, 0.5) is 10.1 Å². The lowest BCUT2D eigenvalue weighted by molar-refractivity contribution is 0.623. The summed E-state index contributed by atoms with van der Waals surface area (Å²) in [5.74, 6) is -0.312. The average Bonchev–Trinajstić information content (AvgIpc) is 2.19. The Kier molecular flexibility index (Phi) is 4.63. The molecule has 3 heteroatoms. The molecule has 15 heavy (non-hydrogen) atoms. The highest BCUT2D eigenvalue weighted by Crippen LogP contribution is 2.20. The van der Waals surface area contributed by atoms with Gasteiger partial charge in [-0.3, -0.25) is 0 Å². The predicted octanol–water partition coefficient (Wildman–Crippen LogP) is 4.25. The smallest absolute Gasteiger partial charge is 0.147 e. The molecule has 0 heterocycles. The maximum atomic E-state index is 13.4. The molecule has 1 rings (SSSR count). The Balaban J connectivity index is 2.59. The van der Waals surface area contributed by atoms with Gasteiger partial charge in [0.1, 0.15) is 5.82 Å².